The van der Waals surface area contributed by atoms with Crippen LogP contribution in [0.4, 0.5) is 5.69 Å². The molecule has 0 fully saturated rings. The number of hydrogen-bond donors (Lipinski definition) is 1. The molecule has 1 aliphatic heterocycles. The lowest BCUT2D eigenvalue weighted by molar-refractivity contribution is 0.0558. The van der Waals surface area contributed by atoms with E-state index >= 15 is 0 Å². The number of benzene rings is 2. The summed E-state index contributed by atoms with van der Waals surface area (Å²) in [5.74, 6) is 0.391. The van der Waals surface area contributed by atoms with Crippen LogP contribution in [0.1, 0.15) is 27.6 Å². The van der Waals surface area contributed by atoms with Crippen LogP contribution in [0, 0.1) is 0 Å². The van der Waals surface area contributed by atoms with Crippen molar-refractivity contribution in [2.75, 3.05) is 32.2 Å². The first-order chi connectivity index (χ1) is 11.6. The van der Waals surface area contributed by atoms with Gasteiger partial charge < -0.3 is 20.1 Å². The minimum Gasteiger partial charge on any atom is -0.497 e. The highest BCUT2D eigenvalue weighted by atomic mass is 16.5. The van der Waals surface area contributed by atoms with Gasteiger partial charge in [-0.3, -0.25) is 4.79 Å². The van der Waals surface area contributed by atoms with E-state index in [4.69, 9.17) is 15.2 Å². The summed E-state index contributed by atoms with van der Waals surface area (Å²) in [6.45, 7) is 1.42. The van der Waals surface area contributed by atoms with Crippen molar-refractivity contribution < 1.29 is 14.3 Å². The minimum absolute atomic E-state index is 0.0873. The van der Waals surface area contributed by atoms with Gasteiger partial charge in [0.05, 0.1) is 19.8 Å². The smallest absolute Gasteiger partial charge is 0.248 e. The number of carbonyl (C=O) groups is 1. The van der Waals surface area contributed by atoms with Crippen molar-refractivity contribution in [2.24, 2.45) is 5.73 Å². The van der Waals surface area contributed by atoms with Crippen LogP contribution in [0.25, 0.3) is 0 Å². The molecule has 1 aliphatic rings. The maximum Gasteiger partial charge on any atom is 0.248 e. The molecular weight excluding hydrogens is 304 g/mol. The number of ether oxygens (including phenoxy) is 2. The maximum atomic E-state index is 11.5. The molecule has 5 heteroatoms. The topological polar surface area (TPSA) is 64.8 Å². The third-order valence-electron chi connectivity index (χ3n) is 4.39. The fraction of sp³-hybridized carbons (Fsp3) is 0.316. The van der Waals surface area contributed by atoms with Crippen LogP contribution < -0.4 is 15.4 Å². The zero-order valence-corrected chi connectivity index (χ0v) is 14.0. The summed E-state index contributed by atoms with van der Waals surface area (Å²) in [6.07, 6.45) is 0.587. The molecule has 2 aromatic rings. The number of primary amides is 1. The summed E-state index contributed by atoms with van der Waals surface area (Å²) in [4.78, 5) is 13.7. The Morgan fingerprint density at radius 2 is 2.12 bits per heavy atom. The van der Waals surface area contributed by atoms with Crippen molar-refractivity contribution in [1.82, 2.24) is 0 Å². The van der Waals surface area contributed by atoms with Crippen LogP contribution in [0.5, 0.6) is 5.75 Å². The second-order valence-electron chi connectivity index (χ2n) is 5.97. The second-order valence-corrected chi connectivity index (χ2v) is 5.97. The first-order valence-corrected chi connectivity index (χ1v) is 7.98. The molecule has 0 saturated carbocycles. The SMILES string of the molecule is COc1cccc([C@H]2Cc3cc(C(N)=O)ccc3N(C)CCO2)c1. The number of rotatable bonds is 3. The Hall–Kier alpha value is -2.53. The van der Waals surface area contributed by atoms with Crippen molar-refractivity contribution >= 4 is 11.6 Å². The van der Waals surface area contributed by atoms with Gasteiger partial charge in [0.25, 0.3) is 0 Å². The van der Waals surface area contributed by atoms with Crippen LogP contribution in [-0.2, 0) is 11.2 Å². The average Bonchev–Trinajstić information content (AvgIpc) is 2.59. The molecule has 2 aromatic carbocycles. The van der Waals surface area contributed by atoms with E-state index in [0.29, 0.717) is 18.6 Å². The largest absolute Gasteiger partial charge is 0.497 e. The van der Waals surface area contributed by atoms with Crippen LogP contribution in [0.15, 0.2) is 42.5 Å². The molecule has 3 rings (SSSR count). The molecule has 5 nitrogen and oxygen atoms in total. The highest BCUT2D eigenvalue weighted by Crippen LogP contribution is 2.32. The normalized spacial score (nSPS) is 17.6. The third kappa shape index (κ3) is 3.36. The van der Waals surface area contributed by atoms with E-state index in [9.17, 15) is 4.79 Å². The summed E-state index contributed by atoms with van der Waals surface area (Å²) in [7, 11) is 3.68. The first kappa shape index (κ1) is 16.3. The van der Waals surface area contributed by atoms with E-state index in [2.05, 4.69) is 4.90 Å². The number of hydrogen-bond acceptors (Lipinski definition) is 4. The summed E-state index contributed by atoms with van der Waals surface area (Å²) >= 11 is 0. The first-order valence-electron chi connectivity index (χ1n) is 7.98. The molecule has 0 aliphatic carbocycles. The predicted molar refractivity (Wildman–Crippen MR) is 93.6 cm³/mol. The summed E-state index contributed by atoms with van der Waals surface area (Å²) in [6, 6.07) is 13.5. The molecule has 0 saturated heterocycles. The molecule has 24 heavy (non-hydrogen) atoms. The van der Waals surface area contributed by atoms with Gasteiger partial charge in [0.1, 0.15) is 5.75 Å². The van der Waals surface area contributed by atoms with Crippen LogP contribution >= 0.6 is 0 Å². The molecule has 0 bridgehead atoms. The average molecular weight is 326 g/mol. The Morgan fingerprint density at radius 1 is 1.29 bits per heavy atom. The van der Waals surface area contributed by atoms with E-state index in [1.165, 1.54) is 0 Å². The quantitative estimate of drug-likeness (QED) is 0.941. The predicted octanol–water partition coefficient (Wildman–Crippen LogP) is 2.54. The van der Waals surface area contributed by atoms with Crippen molar-refractivity contribution in [2.45, 2.75) is 12.5 Å². The Morgan fingerprint density at radius 3 is 2.88 bits per heavy atom. The Kier molecular flexibility index (Phi) is 4.71. The van der Waals surface area contributed by atoms with Gasteiger partial charge in [0, 0.05) is 31.3 Å². The van der Waals surface area contributed by atoms with Gasteiger partial charge in [-0.15, -0.1) is 0 Å². The molecule has 0 radical (unpaired) electrons. The minimum atomic E-state index is -0.415. The van der Waals surface area contributed by atoms with Crippen LogP contribution in [0.3, 0.4) is 0 Å². The van der Waals surface area contributed by atoms with Gasteiger partial charge in [0.2, 0.25) is 5.91 Å². The molecule has 1 heterocycles. The molecule has 126 valence electrons. The van der Waals surface area contributed by atoms with Gasteiger partial charge in [0.15, 0.2) is 0 Å². The molecule has 0 aromatic heterocycles. The summed E-state index contributed by atoms with van der Waals surface area (Å²) in [5, 5.41) is 0. The highest BCUT2D eigenvalue weighted by molar-refractivity contribution is 5.93. The van der Waals surface area contributed by atoms with E-state index in [-0.39, 0.29) is 6.10 Å². The fourth-order valence-electron chi connectivity index (χ4n) is 3.04. The summed E-state index contributed by atoms with van der Waals surface area (Å²) < 4.78 is 11.4. The van der Waals surface area contributed by atoms with Crippen LogP contribution in [-0.4, -0.2) is 33.2 Å². The molecule has 1 atom stereocenters. The molecule has 1 amide bonds. The standard InChI is InChI=1S/C19H22N2O3/c1-21-8-9-24-18(13-4-3-5-16(11-13)23-2)12-15-10-14(19(20)22)6-7-17(15)21/h3-7,10-11,18H,8-9,12H2,1-2H3,(H2,20,22)/t18-/m1/s1. The van der Waals surface area contributed by atoms with E-state index < -0.39 is 5.91 Å². The highest BCUT2D eigenvalue weighted by Gasteiger charge is 2.21. The van der Waals surface area contributed by atoms with Crippen molar-refractivity contribution in [1.29, 1.82) is 0 Å². The Bertz CT molecular complexity index is 745. The van der Waals surface area contributed by atoms with Crippen molar-refractivity contribution in [3.8, 4) is 5.75 Å². The van der Waals surface area contributed by atoms with E-state index in [1.807, 2.05) is 43.4 Å². The fourth-order valence-corrected chi connectivity index (χ4v) is 3.04. The molecule has 2 N–H and O–H groups in total. The Labute approximate surface area is 142 Å². The van der Waals surface area contributed by atoms with Gasteiger partial charge >= 0.3 is 0 Å². The van der Waals surface area contributed by atoms with Gasteiger partial charge in [-0.05, 0) is 41.5 Å². The lowest BCUT2D eigenvalue weighted by Gasteiger charge is -2.29. The molecule has 0 unspecified atom stereocenters. The van der Waals surface area contributed by atoms with Gasteiger partial charge in [-0.25, -0.2) is 0 Å². The van der Waals surface area contributed by atoms with Crippen molar-refractivity contribution in [3.63, 3.8) is 0 Å². The number of carbonyl (C=O) groups excluding carboxylic acids is 1. The number of likely N-dealkylation sites (N-methyl/N-ethyl adjacent to an activating group) is 1. The molecular formula is C19H22N2O3. The number of methoxy groups -OCH3 is 1. The molecule has 0 spiro atoms. The Balaban J connectivity index is 1.98. The number of nitrogens with two attached hydrogens (primary N) is 1. The van der Waals surface area contributed by atoms with Crippen molar-refractivity contribution in [3.05, 3.63) is 59.2 Å². The lowest BCUT2D eigenvalue weighted by Crippen LogP contribution is -2.28. The number of amides is 1. The van der Waals surface area contributed by atoms with Crippen LogP contribution in [0.2, 0.25) is 0 Å². The lowest BCUT2D eigenvalue weighted by atomic mass is 9.97. The maximum absolute atomic E-state index is 11.5. The van der Waals surface area contributed by atoms with Gasteiger partial charge in [-0.1, -0.05) is 12.1 Å². The van der Waals surface area contributed by atoms with E-state index in [1.54, 1.807) is 13.2 Å². The number of nitrogens with zero attached hydrogens (tertiary/aromatic N) is 1. The second kappa shape index (κ2) is 6.93. The zero-order valence-electron chi connectivity index (χ0n) is 14.0. The third-order valence-corrected chi connectivity index (χ3v) is 4.39. The number of anilines is 1. The zero-order chi connectivity index (χ0) is 17.1. The monoisotopic (exact) mass is 326 g/mol. The summed E-state index contributed by atoms with van der Waals surface area (Å²) in [5.41, 5.74) is 9.18. The number of fused-ring (bicyclic) bond motifs is 1. The van der Waals surface area contributed by atoms with E-state index in [0.717, 1.165) is 29.1 Å². The van der Waals surface area contributed by atoms with Gasteiger partial charge in [-0.2, -0.15) is 0 Å².